The maximum absolute atomic E-state index is 13.0. The van der Waals surface area contributed by atoms with E-state index in [1.54, 1.807) is 0 Å². The van der Waals surface area contributed by atoms with Crippen LogP contribution in [0.25, 0.3) is 0 Å². The molecule has 0 bridgehead atoms. The molecule has 0 saturated heterocycles. The first-order valence-corrected chi connectivity index (χ1v) is 4.45. The van der Waals surface area contributed by atoms with Crippen LogP contribution in [0.4, 0.5) is 4.39 Å². The molecule has 1 aliphatic carbocycles. The average Bonchev–Trinajstić information content (AvgIpc) is 2.47. The van der Waals surface area contributed by atoms with Crippen molar-refractivity contribution in [3.05, 3.63) is 0 Å². The molecule has 0 spiro atoms. The van der Waals surface area contributed by atoms with E-state index in [4.69, 9.17) is 0 Å². The molecule has 2 atom stereocenters. The van der Waals surface area contributed by atoms with Crippen molar-refractivity contribution in [3.63, 3.8) is 0 Å². The van der Waals surface area contributed by atoms with Gasteiger partial charge in [0.05, 0.1) is 7.11 Å². The molecule has 0 aromatic carbocycles. The Morgan fingerprint density at radius 1 is 1.58 bits per heavy atom. The summed E-state index contributed by atoms with van der Waals surface area (Å²) in [6.45, 7) is 0. The number of methoxy groups -OCH3 is 1. The van der Waals surface area contributed by atoms with Gasteiger partial charge in [-0.15, -0.1) is 0 Å². The summed E-state index contributed by atoms with van der Waals surface area (Å²) in [5.74, 6) is -0.127. The maximum Gasteiger partial charge on any atom is 0.305 e. The van der Waals surface area contributed by atoms with E-state index in [1.807, 2.05) is 0 Å². The zero-order valence-corrected chi connectivity index (χ0v) is 7.38. The number of hydrogen-bond acceptors (Lipinski definition) is 2. The Bertz CT molecular complexity index is 159. The first-order valence-electron chi connectivity index (χ1n) is 4.45. The third-order valence-electron chi connectivity index (χ3n) is 2.51. The number of hydrogen-bond donors (Lipinski definition) is 0. The second-order valence-electron chi connectivity index (χ2n) is 3.32. The number of halogens is 1. The number of carbonyl (C=O) groups excluding carboxylic acids is 1. The molecule has 0 amide bonds. The minimum atomic E-state index is -0.686. The van der Waals surface area contributed by atoms with Gasteiger partial charge in [-0.3, -0.25) is 4.79 Å². The Morgan fingerprint density at radius 2 is 2.33 bits per heavy atom. The largest absolute Gasteiger partial charge is 0.469 e. The molecular formula is C9H15FO2. The molecule has 70 valence electrons. The standard InChI is InChI=1S/C9H15FO2/c1-12-9(11)6-5-7-3-2-4-8(7)10/h7-8H,2-6H2,1H3/t7-,8+/m0/s1. The monoisotopic (exact) mass is 174 g/mol. The fourth-order valence-electron chi connectivity index (χ4n) is 1.72. The highest BCUT2D eigenvalue weighted by Crippen LogP contribution is 2.31. The predicted octanol–water partition coefficient (Wildman–Crippen LogP) is 2.08. The van der Waals surface area contributed by atoms with Gasteiger partial charge >= 0.3 is 5.97 Å². The third kappa shape index (κ3) is 2.47. The first kappa shape index (κ1) is 9.49. The summed E-state index contributed by atoms with van der Waals surface area (Å²) in [6.07, 6.45) is 2.89. The van der Waals surface area contributed by atoms with Crippen LogP contribution in [0.3, 0.4) is 0 Å². The van der Waals surface area contributed by atoms with Gasteiger partial charge in [0, 0.05) is 6.42 Å². The van der Waals surface area contributed by atoms with Crippen LogP contribution in [0.2, 0.25) is 0 Å². The minimum absolute atomic E-state index is 0.101. The van der Waals surface area contributed by atoms with Crippen molar-refractivity contribution in [1.29, 1.82) is 0 Å². The normalized spacial score (nSPS) is 28.8. The van der Waals surface area contributed by atoms with Gasteiger partial charge in [0.1, 0.15) is 6.17 Å². The van der Waals surface area contributed by atoms with Crippen molar-refractivity contribution in [2.24, 2.45) is 5.92 Å². The zero-order valence-electron chi connectivity index (χ0n) is 7.38. The summed E-state index contributed by atoms with van der Waals surface area (Å²) in [4.78, 5) is 10.7. The van der Waals surface area contributed by atoms with Crippen LogP contribution in [-0.4, -0.2) is 19.3 Å². The highest BCUT2D eigenvalue weighted by molar-refractivity contribution is 5.69. The van der Waals surface area contributed by atoms with Crippen molar-refractivity contribution < 1.29 is 13.9 Å². The molecule has 0 radical (unpaired) electrons. The van der Waals surface area contributed by atoms with E-state index in [9.17, 15) is 9.18 Å². The lowest BCUT2D eigenvalue weighted by molar-refractivity contribution is -0.141. The molecule has 0 aromatic heterocycles. The van der Waals surface area contributed by atoms with Gasteiger partial charge in [0.15, 0.2) is 0 Å². The van der Waals surface area contributed by atoms with Gasteiger partial charge in [0.2, 0.25) is 0 Å². The lowest BCUT2D eigenvalue weighted by Crippen LogP contribution is -2.11. The zero-order chi connectivity index (χ0) is 8.97. The molecular weight excluding hydrogens is 159 g/mol. The van der Waals surface area contributed by atoms with Crippen LogP contribution in [0.5, 0.6) is 0 Å². The fourth-order valence-corrected chi connectivity index (χ4v) is 1.72. The number of esters is 1. The van der Waals surface area contributed by atoms with E-state index in [-0.39, 0.29) is 11.9 Å². The molecule has 12 heavy (non-hydrogen) atoms. The Morgan fingerprint density at radius 3 is 2.83 bits per heavy atom. The van der Waals surface area contributed by atoms with Crippen LogP contribution in [0.15, 0.2) is 0 Å². The molecule has 1 saturated carbocycles. The van der Waals surface area contributed by atoms with Crippen molar-refractivity contribution in [3.8, 4) is 0 Å². The Hall–Kier alpha value is -0.600. The summed E-state index contributed by atoms with van der Waals surface area (Å²) in [5.41, 5.74) is 0. The molecule has 0 aliphatic heterocycles. The summed E-state index contributed by atoms with van der Waals surface area (Å²) >= 11 is 0. The molecule has 0 heterocycles. The lowest BCUT2D eigenvalue weighted by atomic mass is 10.0. The van der Waals surface area contributed by atoms with E-state index >= 15 is 0 Å². The van der Waals surface area contributed by atoms with Crippen LogP contribution < -0.4 is 0 Å². The SMILES string of the molecule is COC(=O)CC[C@@H]1CCC[C@H]1F. The lowest BCUT2D eigenvalue weighted by Gasteiger charge is -2.10. The van der Waals surface area contributed by atoms with Crippen LogP contribution in [0.1, 0.15) is 32.1 Å². The fraction of sp³-hybridized carbons (Fsp3) is 0.889. The second kappa shape index (κ2) is 4.43. The highest BCUT2D eigenvalue weighted by atomic mass is 19.1. The molecule has 1 aliphatic rings. The molecule has 0 unspecified atom stereocenters. The van der Waals surface area contributed by atoms with E-state index in [0.29, 0.717) is 19.3 Å². The number of alkyl halides is 1. The van der Waals surface area contributed by atoms with E-state index in [2.05, 4.69) is 4.74 Å². The average molecular weight is 174 g/mol. The van der Waals surface area contributed by atoms with Gasteiger partial charge in [-0.05, 0) is 25.2 Å². The van der Waals surface area contributed by atoms with Crippen molar-refractivity contribution >= 4 is 5.97 Å². The number of ether oxygens (including phenoxy) is 1. The molecule has 0 aromatic rings. The van der Waals surface area contributed by atoms with Crippen molar-refractivity contribution in [2.45, 2.75) is 38.3 Å². The quantitative estimate of drug-likeness (QED) is 0.612. The first-order chi connectivity index (χ1) is 5.74. The van der Waals surface area contributed by atoms with E-state index in [0.717, 1.165) is 12.8 Å². The molecule has 3 heteroatoms. The molecule has 1 rings (SSSR count). The molecule has 1 fully saturated rings. The van der Waals surface area contributed by atoms with Gasteiger partial charge < -0.3 is 4.74 Å². The summed E-state index contributed by atoms with van der Waals surface area (Å²) in [5, 5.41) is 0. The predicted molar refractivity (Wildman–Crippen MR) is 43.5 cm³/mol. The minimum Gasteiger partial charge on any atom is -0.469 e. The Balaban J connectivity index is 2.18. The Labute approximate surface area is 72.1 Å². The molecule has 2 nitrogen and oxygen atoms in total. The topological polar surface area (TPSA) is 26.3 Å². The van der Waals surface area contributed by atoms with E-state index in [1.165, 1.54) is 7.11 Å². The van der Waals surface area contributed by atoms with Crippen LogP contribution in [0, 0.1) is 5.92 Å². The second-order valence-corrected chi connectivity index (χ2v) is 3.32. The van der Waals surface area contributed by atoms with Gasteiger partial charge in [-0.2, -0.15) is 0 Å². The number of rotatable bonds is 3. The smallest absolute Gasteiger partial charge is 0.305 e. The summed E-state index contributed by atoms with van der Waals surface area (Å²) < 4.78 is 17.5. The third-order valence-corrected chi connectivity index (χ3v) is 2.51. The maximum atomic E-state index is 13.0. The Kier molecular flexibility index (Phi) is 3.50. The summed E-state index contributed by atoms with van der Waals surface area (Å²) in [7, 11) is 1.36. The summed E-state index contributed by atoms with van der Waals surface area (Å²) in [6, 6.07) is 0. The van der Waals surface area contributed by atoms with Gasteiger partial charge in [0.25, 0.3) is 0 Å². The van der Waals surface area contributed by atoms with Crippen molar-refractivity contribution in [1.82, 2.24) is 0 Å². The highest BCUT2D eigenvalue weighted by Gasteiger charge is 2.26. The van der Waals surface area contributed by atoms with Crippen LogP contribution >= 0.6 is 0 Å². The number of carbonyl (C=O) groups is 1. The van der Waals surface area contributed by atoms with Crippen molar-refractivity contribution in [2.75, 3.05) is 7.11 Å². The van der Waals surface area contributed by atoms with Gasteiger partial charge in [-0.1, -0.05) is 6.42 Å². The van der Waals surface area contributed by atoms with Gasteiger partial charge in [-0.25, -0.2) is 4.39 Å². The van der Waals surface area contributed by atoms with Crippen LogP contribution in [-0.2, 0) is 9.53 Å². The molecule has 0 N–H and O–H groups in total. The van der Waals surface area contributed by atoms with E-state index < -0.39 is 6.17 Å².